The Bertz CT molecular complexity index is 1130. The molecule has 4 rings (SSSR count). The second-order valence-corrected chi connectivity index (χ2v) is 7.88. The van der Waals surface area contributed by atoms with Crippen LogP contribution in [0.25, 0.3) is 16.7 Å². The molecule has 0 spiro atoms. The number of benzene rings is 2. The van der Waals surface area contributed by atoms with Gasteiger partial charge in [-0.3, -0.25) is 9.13 Å². The topological polar surface area (TPSA) is 48.5 Å². The van der Waals surface area contributed by atoms with E-state index >= 15 is 0 Å². The molecular formula is C20H19F2N5S. The van der Waals surface area contributed by atoms with E-state index in [0.717, 1.165) is 21.6 Å². The molecule has 0 saturated carbocycles. The monoisotopic (exact) mass is 399 g/mol. The van der Waals surface area contributed by atoms with Gasteiger partial charge in [-0.2, -0.15) is 8.78 Å². The van der Waals surface area contributed by atoms with Gasteiger partial charge in [0.15, 0.2) is 5.16 Å². The minimum absolute atomic E-state index is 0.317. The van der Waals surface area contributed by atoms with Crippen LogP contribution in [0.2, 0.25) is 0 Å². The average Bonchev–Trinajstić information content (AvgIpc) is 3.22. The maximum atomic E-state index is 13.8. The highest BCUT2D eigenvalue weighted by Gasteiger charge is 2.24. The number of alkyl halides is 2. The zero-order valence-corrected chi connectivity index (χ0v) is 16.5. The molecule has 4 aromatic rings. The highest BCUT2D eigenvalue weighted by atomic mass is 32.2. The van der Waals surface area contributed by atoms with E-state index in [4.69, 9.17) is 0 Å². The van der Waals surface area contributed by atoms with Gasteiger partial charge in [-0.15, -0.1) is 10.2 Å². The largest absolute Gasteiger partial charge is 0.320 e. The molecule has 0 N–H and O–H groups in total. The number of hydrogen-bond donors (Lipinski definition) is 0. The first-order chi connectivity index (χ1) is 13.5. The van der Waals surface area contributed by atoms with E-state index in [-0.39, 0.29) is 5.25 Å². The highest BCUT2D eigenvalue weighted by molar-refractivity contribution is 7.99. The number of fused-ring (bicyclic) bond motifs is 1. The van der Waals surface area contributed by atoms with E-state index in [1.54, 1.807) is 24.3 Å². The first-order valence-electron chi connectivity index (χ1n) is 8.86. The molecule has 1 atom stereocenters. The number of rotatable bonds is 5. The van der Waals surface area contributed by atoms with E-state index in [1.807, 2.05) is 49.6 Å². The number of thioether (sulfide) groups is 1. The Morgan fingerprint density at radius 2 is 1.79 bits per heavy atom. The molecule has 5 nitrogen and oxygen atoms in total. The van der Waals surface area contributed by atoms with Crippen molar-refractivity contribution >= 4 is 22.8 Å². The average molecular weight is 399 g/mol. The van der Waals surface area contributed by atoms with Crippen LogP contribution in [0.5, 0.6) is 0 Å². The van der Waals surface area contributed by atoms with Crippen LogP contribution in [0.15, 0.2) is 53.7 Å². The van der Waals surface area contributed by atoms with Gasteiger partial charge in [0.25, 0.3) is 0 Å². The Morgan fingerprint density at radius 1 is 1.00 bits per heavy atom. The van der Waals surface area contributed by atoms with E-state index in [2.05, 4.69) is 15.2 Å². The van der Waals surface area contributed by atoms with E-state index in [1.165, 1.54) is 11.8 Å². The van der Waals surface area contributed by atoms with Gasteiger partial charge in [0.2, 0.25) is 0 Å². The van der Waals surface area contributed by atoms with Gasteiger partial charge in [0, 0.05) is 5.69 Å². The summed E-state index contributed by atoms with van der Waals surface area (Å²) in [4.78, 5) is 4.46. The van der Waals surface area contributed by atoms with Crippen LogP contribution in [0, 0.1) is 13.8 Å². The fraction of sp³-hybridized carbons (Fsp3) is 0.250. The minimum atomic E-state index is -2.66. The molecule has 1 unspecified atom stereocenters. The van der Waals surface area contributed by atoms with Crippen molar-refractivity contribution in [3.05, 3.63) is 65.7 Å². The van der Waals surface area contributed by atoms with E-state index in [9.17, 15) is 8.78 Å². The number of hydrogen-bond acceptors (Lipinski definition) is 4. The molecule has 0 saturated heterocycles. The number of nitrogens with zero attached hydrogens (tertiary/aromatic N) is 5. The normalized spacial score (nSPS) is 12.8. The molecule has 144 valence electrons. The molecule has 0 radical (unpaired) electrons. The van der Waals surface area contributed by atoms with Crippen molar-refractivity contribution in [2.24, 2.45) is 0 Å². The van der Waals surface area contributed by atoms with Gasteiger partial charge < -0.3 is 0 Å². The first kappa shape index (κ1) is 18.6. The number of aromatic nitrogens is 5. The van der Waals surface area contributed by atoms with Crippen molar-refractivity contribution < 1.29 is 8.78 Å². The zero-order chi connectivity index (χ0) is 19.8. The van der Waals surface area contributed by atoms with Crippen molar-refractivity contribution in [2.75, 3.05) is 0 Å². The molecule has 28 heavy (non-hydrogen) atoms. The molecule has 8 heteroatoms. The van der Waals surface area contributed by atoms with Crippen LogP contribution < -0.4 is 0 Å². The molecule has 0 aliphatic heterocycles. The molecule has 0 aliphatic rings. The third-order valence-electron chi connectivity index (χ3n) is 4.52. The van der Waals surface area contributed by atoms with Gasteiger partial charge in [0.05, 0.1) is 16.3 Å². The van der Waals surface area contributed by atoms with Crippen LogP contribution in [0.3, 0.4) is 0 Å². The highest BCUT2D eigenvalue weighted by Crippen LogP contribution is 2.37. The van der Waals surface area contributed by atoms with Crippen molar-refractivity contribution in [1.82, 2.24) is 24.3 Å². The van der Waals surface area contributed by atoms with Crippen molar-refractivity contribution in [1.29, 1.82) is 0 Å². The standard InChI is InChI=1S/C20H19F2N5S/c1-12-7-6-8-15(11-12)26-14(3)24-25-20(26)28-13(2)18-23-16-9-4-5-10-17(16)27(18)19(21)22/h4-11,13,19H,1-3H3. The summed E-state index contributed by atoms with van der Waals surface area (Å²) in [6, 6.07) is 14.9. The maximum absolute atomic E-state index is 13.8. The molecule has 0 bridgehead atoms. The van der Waals surface area contributed by atoms with Crippen LogP contribution in [-0.4, -0.2) is 24.3 Å². The molecule has 0 fully saturated rings. The molecule has 0 aliphatic carbocycles. The predicted octanol–water partition coefficient (Wildman–Crippen LogP) is 5.48. The summed E-state index contributed by atoms with van der Waals surface area (Å²) in [6.07, 6.45) is 0. The van der Waals surface area contributed by atoms with Crippen molar-refractivity contribution in [3.63, 3.8) is 0 Å². The van der Waals surface area contributed by atoms with Crippen molar-refractivity contribution in [2.45, 2.75) is 37.7 Å². The fourth-order valence-corrected chi connectivity index (χ4v) is 4.27. The predicted molar refractivity (Wildman–Crippen MR) is 106 cm³/mol. The molecule has 2 aromatic carbocycles. The van der Waals surface area contributed by atoms with E-state index < -0.39 is 6.55 Å². The number of halogens is 2. The lowest BCUT2D eigenvalue weighted by molar-refractivity contribution is 0.0715. The van der Waals surface area contributed by atoms with Gasteiger partial charge in [-0.25, -0.2) is 4.98 Å². The number of aryl methyl sites for hydroxylation is 2. The molecule has 2 heterocycles. The van der Waals surface area contributed by atoms with Gasteiger partial charge in [-0.05, 0) is 50.6 Å². The van der Waals surface area contributed by atoms with Crippen LogP contribution >= 0.6 is 11.8 Å². The van der Waals surface area contributed by atoms with Crippen LogP contribution in [-0.2, 0) is 0 Å². The Labute approximate surface area is 165 Å². The Morgan fingerprint density at radius 3 is 2.54 bits per heavy atom. The second-order valence-electron chi connectivity index (χ2n) is 6.57. The Kier molecular flexibility index (Phi) is 4.89. The summed E-state index contributed by atoms with van der Waals surface area (Å²) < 4.78 is 30.5. The van der Waals surface area contributed by atoms with Crippen LogP contribution in [0.4, 0.5) is 8.78 Å². The summed E-state index contributed by atoms with van der Waals surface area (Å²) in [5, 5.41) is 8.76. The van der Waals surface area contributed by atoms with Crippen molar-refractivity contribution in [3.8, 4) is 5.69 Å². The van der Waals surface area contributed by atoms with E-state index in [0.29, 0.717) is 22.0 Å². The second kappa shape index (κ2) is 7.35. The zero-order valence-electron chi connectivity index (χ0n) is 15.7. The third kappa shape index (κ3) is 3.28. The smallest absolute Gasteiger partial charge is 0.274 e. The molecule has 0 amide bonds. The number of para-hydroxylation sites is 2. The van der Waals surface area contributed by atoms with Gasteiger partial charge in [-0.1, -0.05) is 36.0 Å². The summed E-state index contributed by atoms with van der Waals surface area (Å²) in [5.41, 5.74) is 3.05. The third-order valence-corrected chi connectivity index (χ3v) is 5.56. The Hall–Kier alpha value is -2.74. The fourth-order valence-electron chi connectivity index (χ4n) is 3.25. The summed E-state index contributed by atoms with van der Waals surface area (Å²) >= 11 is 1.36. The molecule has 2 aromatic heterocycles. The maximum Gasteiger partial charge on any atom is 0.320 e. The SMILES string of the molecule is Cc1cccc(-n2c(C)nnc2SC(C)c2nc3ccccc3n2C(F)F)c1. The Balaban J connectivity index is 1.74. The first-order valence-corrected chi connectivity index (χ1v) is 9.74. The minimum Gasteiger partial charge on any atom is -0.274 e. The van der Waals surface area contributed by atoms with Gasteiger partial charge in [0.1, 0.15) is 11.6 Å². The lowest BCUT2D eigenvalue weighted by atomic mass is 10.2. The quantitative estimate of drug-likeness (QED) is 0.417. The van der Waals surface area contributed by atoms with Crippen LogP contribution in [0.1, 0.15) is 35.9 Å². The van der Waals surface area contributed by atoms with Gasteiger partial charge >= 0.3 is 6.55 Å². The molecular weight excluding hydrogens is 380 g/mol. The summed E-state index contributed by atoms with van der Waals surface area (Å²) in [7, 11) is 0. The lowest BCUT2D eigenvalue weighted by Gasteiger charge is -2.15. The summed E-state index contributed by atoms with van der Waals surface area (Å²) in [5.74, 6) is 1.06. The lowest BCUT2D eigenvalue weighted by Crippen LogP contribution is -2.07. The summed E-state index contributed by atoms with van der Waals surface area (Å²) in [6.45, 7) is 3.08. The number of imidazole rings is 1.